The third-order valence-electron chi connectivity index (χ3n) is 3.82. The number of nitro groups is 1. The molecule has 0 unspecified atom stereocenters. The van der Waals surface area contributed by atoms with Gasteiger partial charge in [-0.2, -0.15) is 0 Å². The highest BCUT2D eigenvalue weighted by molar-refractivity contribution is 5.77. The molecule has 26 heavy (non-hydrogen) atoms. The molecule has 0 saturated heterocycles. The summed E-state index contributed by atoms with van der Waals surface area (Å²) in [4.78, 5) is 22.5. The van der Waals surface area contributed by atoms with Gasteiger partial charge in [-0.1, -0.05) is 18.2 Å². The quantitative estimate of drug-likeness (QED) is 0.555. The smallest absolute Gasteiger partial charge is 0.292 e. The molecule has 2 aromatic carbocycles. The van der Waals surface area contributed by atoms with Gasteiger partial charge in [-0.15, -0.1) is 0 Å². The number of nitrogens with one attached hydrogen (secondary N) is 2. The van der Waals surface area contributed by atoms with Crippen molar-refractivity contribution in [2.45, 2.75) is 19.4 Å². The maximum Gasteiger partial charge on any atom is 0.292 e. The summed E-state index contributed by atoms with van der Waals surface area (Å²) in [7, 11) is 1.38. The number of benzene rings is 2. The van der Waals surface area contributed by atoms with Crippen LogP contribution < -0.4 is 15.4 Å². The van der Waals surface area contributed by atoms with E-state index in [0.717, 1.165) is 0 Å². The lowest BCUT2D eigenvalue weighted by Crippen LogP contribution is -2.28. The number of anilines is 1. The van der Waals surface area contributed by atoms with Crippen molar-refractivity contribution in [1.82, 2.24) is 5.32 Å². The van der Waals surface area contributed by atoms with Crippen LogP contribution in [0.1, 0.15) is 24.9 Å². The van der Waals surface area contributed by atoms with Gasteiger partial charge in [0.1, 0.15) is 5.69 Å². The fraction of sp³-hybridized carbons (Fsp3) is 0.278. The number of hydrogen-bond donors (Lipinski definition) is 2. The van der Waals surface area contributed by atoms with Crippen LogP contribution in [0.5, 0.6) is 5.75 Å². The lowest BCUT2D eigenvalue weighted by molar-refractivity contribution is -0.384. The van der Waals surface area contributed by atoms with E-state index in [1.54, 1.807) is 31.2 Å². The van der Waals surface area contributed by atoms with Crippen LogP contribution in [0.2, 0.25) is 0 Å². The first-order chi connectivity index (χ1) is 12.4. The number of nitro benzene ring substituents is 1. The maximum absolute atomic E-state index is 13.7. The number of nitrogens with zero attached hydrogens (tertiary/aromatic N) is 1. The monoisotopic (exact) mass is 361 g/mol. The Balaban J connectivity index is 1.87. The van der Waals surface area contributed by atoms with E-state index in [1.165, 1.54) is 25.3 Å². The second-order valence-corrected chi connectivity index (χ2v) is 5.63. The summed E-state index contributed by atoms with van der Waals surface area (Å²) in [5, 5.41) is 16.6. The Morgan fingerprint density at radius 2 is 2.04 bits per heavy atom. The highest BCUT2D eigenvalue weighted by Crippen LogP contribution is 2.23. The summed E-state index contributed by atoms with van der Waals surface area (Å²) in [5.74, 6) is -0.607. The third-order valence-corrected chi connectivity index (χ3v) is 3.82. The highest BCUT2D eigenvalue weighted by atomic mass is 19.1. The predicted octanol–water partition coefficient (Wildman–Crippen LogP) is 3.42. The number of amides is 1. The Bertz CT molecular complexity index is 798. The van der Waals surface area contributed by atoms with E-state index in [4.69, 9.17) is 4.74 Å². The lowest BCUT2D eigenvalue weighted by atomic mass is 10.1. The summed E-state index contributed by atoms with van der Waals surface area (Å²) in [6.07, 6.45) is 0.120. The van der Waals surface area contributed by atoms with Gasteiger partial charge in [-0.3, -0.25) is 14.9 Å². The van der Waals surface area contributed by atoms with Crippen LogP contribution in [0.15, 0.2) is 42.5 Å². The normalized spacial score (nSPS) is 11.5. The van der Waals surface area contributed by atoms with E-state index in [-0.39, 0.29) is 36.4 Å². The van der Waals surface area contributed by atoms with Crippen molar-refractivity contribution in [3.63, 3.8) is 0 Å². The number of rotatable bonds is 8. The van der Waals surface area contributed by atoms with Crippen molar-refractivity contribution >= 4 is 17.3 Å². The van der Waals surface area contributed by atoms with Crippen LogP contribution in [0.25, 0.3) is 0 Å². The number of carbonyl (C=O) groups is 1. The molecule has 1 atom stereocenters. The second-order valence-electron chi connectivity index (χ2n) is 5.63. The zero-order valence-electron chi connectivity index (χ0n) is 14.5. The molecule has 0 spiro atoms. The number of ether oxygens (including phenoxy) is 1. The van der Waals surface area contributed by atoms with Crippen molar-refractivity contribution < 1.29 is 18.8 Å². The first-order valence-electron chi connectivity index (χ1n) is 8.02. The molecule has 2 aromatic rings. The van der Waals surface area contributed by atoms with Gasteiger partial charge in [0.15, 0.2) is 11.6 Å². The van der Waals surface area contributed by atoms with Crippen LogP contribution >= 0.6 is 0 Å². The topological polar surface area (TPSA) is 93.5 Å². The molecule has 2 rings (SSSR count). The molecule has 8 heteroatoms. The van der Waals surface area contributed by atoms with Crippen molar-refractivity contribution in [3.05, 3.63) is 64.0 Å². The largest absolute Gasteiger partial charge is 0.494 e. The number of carbonyl (C=O) groups excluding carboxylic acids is 1. The minimum absolute atomic E-state index is 0.0463. The van der Waals surface area contributed by atoms with Crippen LogP contribution in [0.4, 0.5) is 15.8 Å². The van der Waals surface area contributed by atoms with Crippen molar-refractivity contribution in [3.8, 4) is 5.75 Å². The van der Waals surface area contributed by atoms with Gasteiger partial charge in [-0.25, -0.2) is 4.39 Å². The fourth-order valence-corrected chi connectivity index (χ4v) is 2.44. The van der Waals surface area contributed by atoms with E-state index >= 15 is 0 Å². The molecule has 0 bridgehead atoms. The van der Waals surface area contributed by atoms with Crippen LogP contribution in [0, 0.1) is 15.9 Å². The molecule has 0 radical (unpaired) electrons. The van der Waals surface area contributed by atoms with Gasteiger partial charge in [0, 0.05) is 19.0 Å². The number of hydrogen-bond acceptors (Lipinski definition) is 5. The molecule has 7 nitrogen and oxygen atoms in total. The fourth-order valence-electron chi connectivity index (χ4n) is 2.44. The van der Waals surface area contributed by atoms with Crippen LogP contribution in [-0.2, 0) is 4.79 Å². The second kappa shape index (κ2) is 8.80. The lowest BCUT2D eigenvalue weighted by Gasteiger charge is -2.15. The molecule has 0 heterocycles. The molecular formula is C18H20FN3O4. The SMILES string of the molecule is COc1ccc([C@@H](C)NC(=O)CCNc2ccccc2[N+](=O)[O-])cc1F. The highest BCUT2D eigenvalue weighted by Gasteiger charge is 2.14. The Morgan fingerprint density at radius 1 is 1.31 bits per heavy atom. The zero-order chi connectivity index (χ0) is 19.1. The van der Waals surface area contributed by atoms with Gasteiger partial charge in [0.25, 0.3) is 5.69 Å². The summed E-state index contributed by atoms with van der Waals surface area (Å²) < 4.78 is 18.6. The summed E-state index contributed by atoms with van der Waals surface area (Å²) >= 11 is 0. The molecule has 0 aliphatic carbocycles. The summed E-state index contributed by atoms with van der Waals surface area (Å²) in [6.45, 7) is 1.98. The number of methoxy groups -OCH3 is 1. The third kappa shape index (κ3) is 4.92. The molecule has 0 aromatic heterocycles. The molecule has 1 amide bonds. The Hall–Kier alpha value is -3.16. The van der Waals surface area contributed by atoms with E-state index in [1.807, 2.05) is 0 Å². The molecular weight excluding hydrogens is 341 g/mol. The van der Waals surface area contributed by atoms with Gasteiger partial charge in [0.05, 0.1) is 18.1 Å². The number of para-hydroxylation sites is 2. The number of halogens is 1. The van der Waals surface area contributed by atoms with Crippen molar-refractivity contribution in [2.24, 2.45) is 0 Å². The van der Waals surface area contributed by atoms with E-state index < -0.39 is 10.7 Å². The first kappa shape index (κ1) is 19.2. The van der Waals surface area contributed by atoms with Crippen LogP contribution in [-0.4, -0.2) is 24.5 Å². The van der Waals surface area contributed by atoms with Crippen LogP contribution in [0.3, 0.4) is 0 Å². The summed E-state index contributed by atoms with van der Waals surface area (Å²) in [5.41, 5.74) is 0.925. The average molecular weight is 361 g/mol. The Kier molecular flexibility index (Phi) is 6.48. The van der Waals surface area contributed by atoms with Gasteiger partial charge < -0.3 is 15.4 Å². The summed E-state index contributed by atoms with van der Waals surface area (Å²) in [6, 6.07) is 10.3. The first-order valence-corrected chi connectivity index (χ1v) is 8.02. The van der Waals surface area contributed by atoms with Crippen molar-refractivity contribution in [2.75, 3.05) is 19.0 Å². The average Bonchev–Trinajstić information content (AvgIpc) is 2.61. The minimum atomic E-state index is -0.496. The molecule has 0 aliphatic heterocycles. The minimum Gasteiger partial charge on any atom is -0.494 e. The predicted molar refractivity (Wildman–Crippen MR) is 95.7 cm³/mol. The van der Waals surface area contributed by atoms with E-state index in [0.29, 0.717) is 11.3 Å². The van der Waals surface area contributed by atoms with E-state index in [2.05, 4.69) is 10.6 Å². The Morgan fingerprint density at radius 3 is 2.69 bits per heavy atom. The van der Waals surface area contributed by atoms with Gasteiger partial charge >= 0.3 is 0 Å². The van der Waals surface area contributed by atoms with Gasteiger partial charge in [0.2, 0.25) is 5.91 Å². The molecule has 0 aliphatic rings. The standard InChI is InChI=1S/C18H20FN3O4/c1-12(13-7-8-17(26-2)14(19)11-13)21-18(23)9-10-20-15-5-3-4-6-16(15)22(24)25/h3-8,11-12,20H,9-10H2,1-2H3,(H,21,23)/t12-/m1/s1. The molecule has 138 valence electrons. The molecule has 0 saturated carbocycles. The molecule has 0 fully saturated rings. The molecule has 2 N–H and O–H groups in total. The maximum atomic E-state index is 13.7. The van der Waals surface area contributed by atoms with Crippen molar-refractivity contribution in [1.29, 1.82) is 0 Å². The Labute approximate surface area is 150 Å². The van der Waals surface area contributed by atoms with Gasteiger partial charge in [-0.05, 0) is 30.7 Å². The zero-order valence-corrected chi connectivity index (χ0v) is 14.5. The van der Waals surface area contributed by atoms with E-state index in [9.17, 15) is 19.3 Å².